The van der Waals surface area contributed by atoms with Crippen LogP contribution in [0.4, 0.5) is 0 Å². The predicted octanol–water partition coefficient (Wildman–Crippen LogP) is 6.53. The zero-order valence-electron chi connectivity index (χ0n) is 18.2. The molecule has 2 aromatic rings. The Kier molecular flexibility index (Phi) is 6.75. The molecule has 5 rings (SSSR count). The van der Waals surface area contributed by atoms with Gasteiger partial charge in [-0.3, -0.25) is 4.90 Å². The van der Waals surface area contributed by atoms with Gasteiger partial charge >= 0.3 is 0 Å². The fourth-order valence-corrected chi connectivity index (χ4v) is 6.03. The highest BCUT2D eigenvalue weighted by molar-refractivity contribution is 6.42. The maximum Gasteiger partial charge on any atom is 0.123 e. The molecule has 31 heavy (non-hydrogen) atoms. The number of hydrogen-bond acceptors (Lipinski definition) is 3. The third kappa shape index (κ3) is 4.61. The van der Waals surface area contributed by atoms with Crippen molar-refractivity contribution in [3.05, 3.63) is 63.1 Å². The summed E-state index contributed by atoms with van der Waals surface area (Å²) in [6.45, 7) is 6.60. The Hall–Kier alpha value is -1.26. The molecule has 5 heteroatoms. The highest BCUT2D eigenvalue weighted by Crippen LogP contribution is 2.48. The first kappa shape index (κ1) is 21.6. The summed E-state index contributed by atoms with van der Waals surface area (Å²) in [4.78, 5) is 5.22. The van der Waals surface area contributed by atoms with Crippen molar-refractivity contribution < 1.29 is 4.74 Å². The zero-order valence-corrected chi connectivity index (χ0v) is 19.7. The number of benzene rings is 2. The Morgan fingerprint density at radius 2 is 1.81 bits per heavy atom. The lowest BCUT2D eigenvalue weighted by molar-refractivity contribution is 0.200. The second-order valence-corrected chi connectivity index (χ2v) is 10.1. The predicted molar refractivity (Wildman–Crippen MR) is 129 cm³/mol. The summed E-state index contributed by atoms with van der Waals surface area (Å²) in [7, 11) is 0. The van der Waals surface area contributed by atoms with E-state index in [-0.39, 0.29) is 5.92 Å². The van der Waals surface area contributed by atoms with Crippen LogP contribution in [0.5, 0.6) is 5.75 Å². The van der Waals surface area contributed by atoms with Gasteiger partial charge in [-0.1, -0.05) is 47.8 Å². The maximum atomic E-state index is 6.45. The monoisotopic (exact) mass is 458 g/mol. The number of piperidine rings is 1. The summed E-state index contributed by atoms with van der Waals surface area (Å²) in [6, 6.07) is 13.3. The van der Waals surface area contributed by atoms with Crippen LogP contribution >= 0.6 is 23.2 Å². The lowest BCUT2D eigenvalue weighted by Crippen LogP contribution is -2.35. The molecule has 3 aliphatic heterocycles. The number of hydrogen-bond donors (Lipinski definition) is 0. The molecule has 0 bridgehead atoms. The molecular weight excluding hydrogens is 427 g/mol. The Morgan fingerprint density at radius 3 is 2.65 bits per heavy atom. The topological polar surface area (TPSA) is 15.7 Å². The summed E-state index contributed by atoms with van der Waals surface area (Å²) >= 11 is 12.6. The Balaban J connectivity index is 1.38. The van der Waals surface area contributed by atoms with E-state index in [1.54, 1.807) is 0 Å². The van der Waals surface area contributed by atoms with Crippen molar-refractivity contribution in [3.63, 3.8) is 0 Å². The number of likely N-dealkylation sites (tertiary alicyclic amines) is 1. The fraction of sp³-hybridized carbons (Fsp3) is 0.538. The SMILES string of the molecule is Clc1ccc([C@H]2CN3CCC[C@@H]3c3cccc(OCCCN4CCCCC4)c32)cc1Cl. The number of halogens is 2. The summed E-state index contributed by atoms with van der Waals surface area (Å²) in [6.07, 6.45) is 7.65. The smallest absolute Gasteiger partial charge is 0.123 e. The van der Waals surface area contributed by atoms with Gasteiger partial charge in [-0.2, -0.15) is 0 Å². The number of nitrogens with zero attached hydrogens (tertiary/aromatic N) is 2. The van der Waals surface area contributed by atoms with Crippen molar-refractivity contribution in [2.75, 3.05) is 39.3 Å². The van der Waals surface area contributed by atoms with Crippen LogP contribution in [0.2, 0.25) is 10.0 Å². The molecule has 0 spiro atoms. The third-order valence-corrected chi connectivity index (χ3v) is 8.00. The second-order valence-electron chi connectivity index (χ2n) is 9.24. The quantitative estimate of drug-likeness (QED) is 0.457. The summed E-state index contributed by atoms with van der Waals surface area (Å²) in [5.74, 6) is 1.32. The molecule has 2 atom stereocenters. The number of rotatable bonds is 6. The average molecular weight is 459 g/mol. The fourth-order valence-electron chi connectivity index (χ4n) is 5.73. The molecule has 0 amide bonds. The van der Waals surface area contributed by atoms with Gasteiger partial charge in [-0.05, 0) is 81.1 Å². The molecule has 3 aliphatic rings. The van der Waals surface area contributed by atoms with Crippen LogP contribution in [-0.4, -0.2) is 49.1 Å². The minimum absolute atomic E-state index is 0.261. The van der Waals surface area contributed by atoms with E-state index >= 15 is 0 Å². The van der Waals surface area contributed by atoms with Gasteiger partial charge < -0.3 is 9.64 Å². The van der Waals surface area contributed by atoms with Crippen molar-refractivity contribution in [3.8, 4) is 5.75 Å². The molecule has 3 heterocycles. The van der Waals surface area contributed by atoms with Crippen LogP contribution in [0.3, 0.4) is 0 Å². The lowest BCUT2D eigenvalue weighted by atomic mass is 9.81. The molecule has 0 aromatic heterocycles. The van der Waals surface area contributed by atoms with Crippen LogP contribution in [-0.2, 0) is 0 Å². The van der Waals surface area contributed by atoms with Crippen molar-refractivity contribution in [1.29, 1.82) is 0 Å². The van der Waals surface area contributed by atoms with Gasteiger partial charge in [-0.25, -0.2) is 0 Å². The Labute approximate surface area is 196 Å². The normalized spacial score (nSPS) is 24.1. The largest absolute Gasteiger partial charge is 0.493 e. The standard InChI is InChI=1S/C26H32Cl2N2O/c27-22-11-10-19(17-23(22)28)21-18-30-15-5-8-24(30)20-7-4-9-25(26(20)21)31-16-6-14-29-12-2-1-3-13-29/h4,7,9-11,17,21,24H,1-3,5-6,8,12-16,18H2/t21-,24-/m1/s1. The van der Waals surface area contributed by atoms with Crippen LogP contribution < -0.4 is 4.74 Å². The Bertz CT molecular complexity index is 912. The van der Waals surface area contributed by atoms with Gasteiger partial charge in [0.2, 0.25) is 0 Å². The Morgan fingerprint density at radius 1 is 0.935 bits per heavy atom. The minimum Gasteiger partial charge on any atom is -0.493 e. The molecule has 0 radical (unpaired) electrons. The van der Waals surface area contributed by atoms with Gasteiger partial charge in [-0.15, -0.1) is 0 Å². The molecule has 0 saturated carbocycles. The van der Waals surface area contributed by atoms with Gasteiger partial charge in [0, 0.05) is 30.6 Å². The van der Waals surface area contributed by atoms with Gasteiger partial charge in [0.1, 0.15) is 5.75 Å². The summed E-state index contributed by atoms with van der Waals surface area (Å²) in [5, 5.41) is 1.24. The van der Waals surface area contributed by atoms with E-state index in [2.05, 4.69) is 34.1 Å². The molecule has 2 aromatic carbocycles. The molecule has 0 unspecified atom stereocenters. The first-order valence-corrected chi connectivity index (χ1v) is 12.6. The van der Waals surface area contributed by atoms with E-state index < -0.39 is 0 Å². The van der Waals surface area contributed by atoms with E-state index in [1.165, 1.54) is 68.4 Å². The zero-order chi connectivity index (χ0) is 21.2. The molecule has 166 valence electrons. The third-order valence-electron chi connectivity index (χ3n) is 7.26. The maximum absolute atomic E-state index is 6.45. The van der Waals surface area contributed by atoms with Crippen LogP contribution in [0.25, 0.3) is 0 Å². The summed E-state index contributed by atoms with van der Waals surface area (Å²) in [5.41, 5.74) is 4.03. The number of fused-ring (bicyclic) bond motifs is 3. The van der Waals surface area contributed by atoms with E-state index in [1.807, 2.05) is 12.1 Å². The van der Waals surface area contributed by atoms with Crippen molar-refractivity contribution in [2.45, 2.75) is 50.5 Å². The minimum atomic E-state index is 0.261. The van der Waals surface area contributed by atoms with Crippen molar-refractivity contribution in [2.24, 2.45) is 0 Å². The van der Waals surface area contributed by atoms with E-state index in [0.717, 1.165) is 31.9 Å². The number of ether oxygens (including phenoxy) is 1. The molecule has 2 saturated heterocycles. The highest BCUT2D eigenvalue weighted by atomic mass is 35.5. The van der Waals surface area contributed by atoms with Crippen LogP contribution in [0.15, 0.2) is 36.4 Å². The lowest BCUT2D eigenvalue weighted by Gasteiger charge is -2.38. The van der Waals surface area contributed by atoms with Crippen molar-refractivity contribution >= 4 is 23.2 Å². The molecular formula is C26H32Cl2N2O. The van der Waals surface area contributed by atoms with Gasteiger partial charge in [0.15, 0.2) is 0 Å². The van der Waals surface area contributed by atoms with E-state index in [4.69, 9.17) is 27.9 Å². The van der Waals surface area contributed by atoms with E-state index in [9.17, 15) is 0 Å². The van der Waals surface area contributed by atoms with Gasteiger partial charge in [0.05, 0.1) is 16.7 Å². The first-order valence-electron chi connectivity index (χ1n) is 11.9. The first-order chi connectivity index (χ1) is 15.2. The molecule has 3 nitrogen and oxygen atoms in total. The van der Waals surface area contributed by atoms with Crippen LogP contribution in [0, 0.1) is 0 Å². The molecule has 0 aliphatic carbocycles. The van der Waals surface area contributed by atoms with E-state index in [0.29, 0.717) is 16.1 Å². The average Bonchev–Trinajstić information content (AvgIpc) is 3.28. The van der Waals surface area contributed by atoms with Crippen LogP contribution in [0.1, 0.15) is 67.2 Å². The van der Waals surface area contributed by atoms with Gasteiger partial charge in [0.25, 0.3) is 0 Å². The summed E-state index contributed by atoms with van der Waals surface area (Å²) < 4.78 is 6.45. The highest BCUT2D eigenvalue weighted by Gasteiger charge is 2.38. The van der Waals surface area contributed by atoms with Crippen molar-refractivity contribution in [1.82, 2.24) is 9.80 Å². The molecule has 2 fully saturated rings. The molecule has 0 N–H and O–H groups in total. The second kappa shape index (κ2) is 9.70.